The van der Waals surface area contributed by atoms with Crippen LogP contribution in [0.3, 0.4) is 0 Å². The van der Waals surface area contributed by atoms with Gasteiger partial charge in [-0.25, -0.2) is 4.79 Å². The molecule has 2 nitrogen and oxygen atoms in total. The molecule has 1 rings (SSSR count). The standard InChI is InChI=1S/C8H3BrClF3O2/c9-4-1-3(8(11,12)13)2-5(10)6(4)7(14)15/h1-2H,(H,14,15). The smallest absolute Gasteiger partial charge is 0.416 e. The molecule has 0 aliphatic rings. The zero-order valence-corrected chi connectivity index (χ0v) is 9.24. The molecule has 0 saturated heterocycles. The van der Waals surface area contributed by atoms with E-state index in [9.17, 15) is 18.0 Å². The van der Waals surface area contributed by atoms with Crippen LogP contribution < -0.4 is 0 Å². The van der Waals surface area contributed by atoms with Crippen molar-refractivity contribution in [2.24, 2.45) is 0 Å². The summed E-state index contributed by atoms with van der Waals surface area (Å²) in [6.07, 6.45) is -4.55. The number of aromatic carboxylic acids is 1. The van der Waals surface area contributed by atoms with Crippen LogP contribution in [-0.4, -0.2) is 11.1 Å². The average molecular weight is 303 g/mol. The Balaban J connectivity index is 3.39. The van der Waals surface area contributed by atoms with Crippen molar-refractivity contribution in [1.29, 1.82) is 0 Å². The van der Waals surface area contributed by atoms with Crippen molar-refractivity contribution in [2.45, 2.75) is 6.18 Å². The van der Waals surface area contributed by atoms with Crippen molar-refractivity contribution in [3.63, 3.8) is 0 Å². The van der Waals surface area contributed by atoms with Crippen LogP contribution in [-0.2, 0) is 6.18 Å². The van der Waals surface area contributed by atoms with E-state index in [2.05, 4.69) is 15.9 Å². The van der Waals surface area contributed by atoms with Crippen LogP contribution in [0.5, 0.6) is 0 Å². The number of hydrogen-bond donors (Lipinski definition) is 1. The summed E-state index contributed by atoms with van der Waals surface area (Å²) in [6.45, 7) is 0. The number of rotatable bonds is 1. The average Bonchev–Trinajstić information content (AvgIpc) is 1.99. The molecule has 0 spiro atoms. The molecule has 1 N–H and O–H groups in total. The SMILES string of the molecule is O=C(O)c1c(Cl)cc(C(F)(F)F)cc1Br. The maximum absolute atomic E-state index is 12.3. The number of hydrogen-bond acceptors (Lipinski definition) is 1. The molecular weight excluding hydrogens is 300 g/mol. The molecule has 0 heterocycles. The van der Waals surface area contributed by atoms with Crippen molar-refractivity contribution < 1.29 is 23.1 Å². The fraction of sp³-hybridized carbons (Fsp3) is 0.125. The van der Waals surface area contributed by atoms with Crippen molar-refractivity contribution in [3.05, 3.63) is 32.8 Å². The van der Waals surface area contributed by atoms with Gasteiger partial charge in [-0.15, -0.1) is 0 Å². The lowest BCUT2D eigenvalue weighted by atomic mass is 10.1. The molecule has 0 atom stereocenters. The Hall–Kier alpha value is -0.750. The molecule has 0 aliphatic heterocycles. The summed E-state index contributed by atoms with van der Waals surface area (Å²) in [6, 6.07) is 1.26. The van der Waals surface area contributed by atoms with E-state index in [4.69, 9.17) is 16.7 Å². The molecule has 0 saturated carbocycles. The van der Waals surface area contributed by atoms with Gasteiger partial charge in [0.2, 0.25) is 0 Å². The summed E-state index contributed by atoms with van der Waals surface area (Å²) in [7, 11) is 0. The number of alkyl halides is 3. The second-order valence-electron chi connectivity index (χ2n) is 2.62. The zero-order chi connectivity index (χ0) is 11.8. The van der Waals surface area contributed by atoms with E-state index in [1.54, 1.807) is 0 Å². The normalized spacial score (nSPS) is 11.5. The van der Waals surface area contributed by atoms with Gasteiger partial charge < -0.3 is 5.11 Å². The molecule has 0 radical (unpaired) electrons. The lowest BCUT2D eigenvalue weighted by molar-refractivity contribution is -0.137. The van der Waals surface area contributed by atoms with Gasteiger partial charge in [0.1, 0.15) is 0 Å². The van der Waals surface area contributed by atoms with Crippen LogP contribution >= 0.6 is 27.5 Å². The van der Waals surface area contributed by atoms with Gasteiger partial charge in [-0.1, -0.05) is 11.6 Å². The molecule has 1 aromatic rings. The minimum atomic E-state index is -4.55. The van der Waals surface area contributed by atoms with Gasteiger partial charge in [0.05, 0.1) is 16.1 Å². The Bertz CT molecular complexity index is 394. The monoisotopic (exact) mass is 302 g/mol. The largest absolute Gasteiger partial charge is 0.478 e. The molecule has 0 aliphatic carbocycles. The predicted molar refractivity (Wildman–Crippen MR) is 51.1 cm³/mol. The van der Waals surface area contributed by atoms with E-state index in [0.29, 0.717) is 12.1 Å². The van der Waals surface area contributed by atoms with Crippen LogP contribution in [0, 0.1) is 0 Å². The van der Waals surface area contributed by atoms with Gasteiger partial charge in [-0.2, -0.15) is 13.2 Å². The highest BCUT2D eigenvalue weighted by Crippen LogP contribution is 2.35. The second-order valence-corrected chi connectivity index (χ2v) is 3.88. The summed E-state index contributed by atoms with van der Waals surface area (Å²) in [5.74, 6) is -1.39. The van der Waals surface area contributed by atoms with Crippen molar-refractivity contribution in [2.75, 3.05) is 0 Å². The molecule has 7 heteroatoms. The Morgan fingerprint density at radius 2 is 1.93 bits per heavy atom. The first-order valence-corrected chi connectivity index (χ1v) is 4.70. The van der Waals surface area contributed by atoms with Gasteiger partial charge in [-0.3, -0.25) is 0 Å². The molecule has 15 heavy (non-hydrogen) atoms. The molecule has 82 valence electrons. The fourth-order valence-electron chi connectivity index (χ4n) is 0.941. The molecule has 0 unspecified atom stereocenters. The summed E-state index contributed by atoms with van der Waals surface area (Å²) in [5.41, 5.74) is -1.38. The van der Waals surface area contributed by atoms with Crippen molar-refractivity contribution in [3.8, 4) is 0 Å². The van der Waals surface area contributed by atoms with Crippen LogP contribution in [0.4, 0.5) is 13.2 Å². The topological polar surface area (TPSA) is 37.3 Å². The maximum atomic E-state index is 12.3. The van der Waals surface area contributed by atoms with Gasteiger partial charge >= 0.3 is 12.1 Å². The van der Waals surface area contributed by atoms with Gasteiger partial charge in [-0.05, 0) is 28.1 Å². The molecule has 0 amide bonds. The third kappa shape index (κ3) is 2.63. The lowest BCUT2D eigenvalue weighted by Crippen LogP contribution is -2.07. The van der Waals surface area contributed by atoms with Crippen molar-refractivity contribution >= 4 is 33.5 Å². The van der Waals surface area contributed by atoms with E-state index >= 15 is 0 Å². The molecule has 0 fully saturated rings. The fourth-order valence-corrected chi connectivity index (χ4v) is 1.99. The maximum Gasteiger partial charge on any atom is 0.416 e. The molecular formula is C8H3BrClF3O2. The number of halogens is 5. The first-order chi connectivity index (χ1) is 6.73. The quantitative estimate of drug-likeness (QED) is 0.856. The highest BCUT2D eigenvalue weighted by atomic mass is 79.9. The van der Waals surface area contributed by atoms with E-state index in [1.165, 1.54) is 0 Å². The molecule has 0 bridgehead atoms. The van der Waals surface area contributed by atoms with Gasteiger partial charge in [0.15, 0.2) is 0 Å². The highest BCUT2D eigenvalue weighted by Gasteiger charge is 2.32. The van der Waals surface area contributed by atoms with Crippen LogP contribution in [0.1, 0.15) is 15.9 Å². The Kier molecular flexibility index (Phi) is 3.30. The van der Waals surface area contributed by atoms with Crippen LogP contribution in [0.2, 0.25) is 5.02 Å². The van der Waals surface area contributed by atoms with Crippen LogP contribution in [0.15, 0.2) is 16.6 Å². The second kappa shape index (κ2) is 4.02. The Morgan fingerprint density at radius 3 is 2.27 bits per heavy atom. The van der Waals surface area contributed by atoms with Crippen molar-refractivity contribution in [1.82, 2.24) is 0 Å². The minimum absolute atomic E-state index is 0.199. The third-order valence-corrected chi connectivity index (χ3v) is 2.51. The summed E-state index contributed by atoms with van der Waals surface area (Å²) >= 11 is 8.15. The number of carboxylic acid groups (broad SMARTS) is 1. The third-order valence-electron chi connectivity index (χ3n) is 1.58. The summed E-state index contributed by atoms with van der Waals surface area (Å²) < 4.78 is 36.6. The Labute approximate surface area is 95.8 Å². The summed E-state index contributed by atoms with van der Waals surface area (Å²) in [5, 5.41) is 8.19. The van der Waals surface area contributed by atoms with Crippen LogP contribution in [0.25, 0.3) is 0 Å². The van der Waals surface area contributed by atoms with Gasteiger partial charge in [0, 0.05) is 4.47 Å². The lowest BCUT2D eigenvalue weighted by Gasteiger charge is -2.09. The summed E-state index contributed by atoms with van der Waals surface area (Å²) in [4.78, 5) is 10.6. The first-order valence-electron chi connectivity index (χ1n) is 3.53. The predicted octanol–water partition coefficient (Wildman–Crippen LogP) is 3.82. The van der Waals surface area contributed by atoms with E-state index < -0.39 is 22.7 Å². The Morgan fingerprint density at radius 1 is 1.40 bits per heavy atom. The number of carboxylic acids is 1. The van der Waals surface area contributed by atoms with E-state index in [1.807, 2.05) is 0 Å². The van der Waals surface area contributed by atoms with E-state index in [-0.39, 0.29) is 10.0 Å². The first kappa shape index (κ1) is 12.3. The zero-order valence-electron chi connectivity index (χ0n) is 6.90. The van der Waals surface area contributed by atoms with Gasteiger partial charge in [0.25, 0.3) is 0 Å². The molecule has 1 aromatic carbocycles. The minimum Gasteiger partial charge on any atom is -0.478 e. The highest BCUT2D eigenvalue weighted by molar-refractivity contribution is 9.10. The molecule has 0 aromatic heterocycles. The van der Waals surface area contributed by atoms with E-state index in [0.717, 1.165) is 0 Å². The number of carbonyl (C=O) groups is 1. The number of benzene rings is 1.